The summed E-state index contributed by atoms with van der Waals surface area (Å²) in [4.78, 5) is 12.0. The average Bonchev–Trinajstić information content (AvgIpc) is 2.60. The Balaban J connectivity index is 2.14. The molecule has 2 aromatic rings. The Hall–Kier alpha value is -2.73. The second kappa shape index (κ2) is 9.42. The SMILES string of the molecule is CCCCOC(=O)NC(C#Cc1ccccc1)c1ccc(C)cc1. The normalized spacial score (nSPS) is 11.1. The van der Waals surface area contributed by atoms with Crippen LogP contribution in [0.3, 0.4) is 0 Å². The number of carbonyl (C=O) groups excluding carboxylic acids is 1. The molecule has 0 aromatic heterocycles. The van der Waals surface area contributed by atoms with E-state index in [0.717, 1.165) is 24.0 Å². The minimum Gasteiger partial charge on any atom is -0.450 e. The number of aryl methyl sites for hydroxylation is 1. The van der Waals surface area contributed by atoms with E-state index in [4.69, 9.17) is 4.74 Å². The summed E-state index contributed by atoms with van der Waals surface area (Å²) in [7, 11) is 0. The summed E-state index contributed by atoms with van der Waals surface area (Å²) in [6, 6.07) is 17.3. The van der Waals surface area contributed by atoms with Gasteiger partial charge in [0.05, 0.1) is 6.61 Å². The molecule has 1 N–H and O–H groups in total. The van der Waals surface area contributed by atoms with Gasteiger partial charge in [-0.1, -0.05) is 73.2 Å². The summed E-state index contributed by atoms with van der Waals surface area (Å²) >= 11 is 0. The first kappa shape index (κ1) is 17.6. The van der Waals surface area contributed by atoms with Gasteiger partial charge < -0.3 is 10.1 Å². The van der Waals surface area contributed by atoms with Crippen molar-refractivity contribution in [1.82, 2.24) is 5.32 Å². The number of carbonyl (C=O) groups is 1. The molecule has 0 aliphatic rings. The van der Waals surface area contributed by atoms with Crippen molar-refractivity contribution in [2.45, 2.75) is 32.7 Å². The maximum absolute atomic E-state index is 12.0. The van der Waals surface area contributed by atoms with Crippen LogP contribution in [0.1, 0.15) is 42.5 Å². The van der Waals surface area contributed by atoms with E-state index in [1.807, 2.05) is 61.5 Å². The first-order valence-corrected chi connectivity index (χ1v) is 8.25. The Bertz CT molecular complexity index is 696. The molecule has 0 heterocycles. The van der Waals surface area contributed by atoms with Crippen molar-refractivity contribution in [1.29, 1.82) is 0 Å². The van der Waals surface area contributed by atoms with E-state index in [-0.39, 0.29) is 0 Å². The van der Waals surface area contributed by atoms with Gasteiger partial charge in [-0.05, 0) is 31.0 Å². The fourth-order valence-electron chi connectivity index (χ4n) is 2.11. The largest absolute Gasteiger partial charge is 0.450 e. The van der Waals surface area contributed by atoms with Gasteiger partial charge in [0.15, 0.2) is 0 Å². The van der Waals surface area contributed by atoms with E-state index in [1.165, 1.54) is 5.56 Å². The fraction of sp³-hybridized carbons (Fsp3) is 0.286. The third-order valence-corrected chi connectivity index (χ3v) is 3.54. The van der Waals surface area contributed by atoms with Crippen LogP contribution in [0, 0.1) is 18.8 Å². The van der Waals surface area contributed by atoms with Crippen LogP contribution in [-0.4, -0.2) is 12.7 Å². The standard InChI is InChI=1S/C21H23NO2/c1-3-4-16-24-21(23)22-20(19-13-10-17(2)11-14-19)15-12-18-8-6-5-7-9-18/h5-11,13-14,20H,3-4,16H2,1-2H3,(H,22,23). The molecule has 3 heteroatoms. The van der Waals surface area contributed by atoms with E-state index >= 15 is 0 Å². The monoisotopic (exact) mass is 321 g/mol. The topological polar surface area (TPSA) is 38.3 Å². The highest BCUT2D eigenvalue weighted by Crippen LogP contribution is 2.14. The molecule has 0 saturated carbocycles. The lowest BCUT2D eigenvalue weighted by Crippen LogP contribution is -2.28. The zero-order chi connectivity index (χ0) is 17.2. The van der Waals surface area contributed by atoms with Crippen LogP contribution in [-0.2, 0) is 4.74 Å². The first-order valence-electron chi connectivity index (χ1n) is 8.25. The number of hydrogen-bond donors (Lipinski definition) is 1. The maximum Gasteiger partial charge on any atom is 0.408 e. The summed E-state index contributed by atoms with van der Waals surface area (Å²) in [5, 5.41) is 2.85. The van der Waals surface area contributed by atoms with Crippen molar-refractivity contribution in [2.75, 3.05) is 6.61 Å². The van der Waals surface area contributed by atoms with Crippen LogP contribution < -0.4 is 5.32 Å². The predicted molar refractivity (Wildman–Crippen MR) is 96.6 cm³/mol. The van der Waals surface area contributed by atoms with Crippen molar-refractivity contribution < 1.29 is 9.53 Å². The lowest BCUT2D eigenvalue weighted by Gasteiger charge is -2.14. The highest BCUT2D eigenvalue weighted by molar-refractivity contribution is 5.68. The summed E-state index contributed by atoms with van der Waals surface area (Å²) in [5.41, 5.74) is 3.02. The third-order valence-electron chi connectivity index (χ3n) is 3.54. The summed E-state index contributed by atoms with van der Waals surface area (Å²) in [5.74, 6) is 6.24. The Morgan fingerprint density at radius 2 is 1.83 bits per heavy atom. The molecule has 0 aliphatic heterocycles. The summed E-state index contributed by atoms with van der Waals surface area (Å²) in [6.45, 7) is 4.51. The van der Waals surface area contributed by atoms with Crippen LogP contribution in [0.4, 0.5) is 4.79 Å². The molecule has 0 aliphatic carbocycles. The lowest BCUT2D eigenvalue weighted by molar-refractivity contribution is 0.142. The average molecular weight is 321 g/mol. The molecule has 3 nitrogen and oxygen atoms in total. The Morgan fingerprint density at radius 3 is 2.50 bits per heavy atom. The number of hydrogen-bond acceptors (Lipinski definition) is 2. The molecular weight excluding hydrogens is 298 g/mol. The molecule has 0 bridgehead atoms. The molecule has 0 spiro atoms. The van der Waals surface area contributed by atoms with Crippen LogP contribution >= 0.6 is 0 Å². The van der Waals surface area contributed by atoms with Crippen LogP contribution in [0.25, 0.3) is 0 Å². The number of alkyl carbamates (subject to hydrolysis) is 1. The van der Waals surface area contributed by atoms with Crippen molar-refractivity contribution >= 4 is 6.09 Å². The van der Waals surface area contributed by atoms with Gasteiger partial charge in [-0.15, -0.1) is 0 Å². The molecule has 1 unspecified atom stereocenters. The zero-order valence-electron chi connectivity index (χ0n) is 14.2. The maximum atomic E-state index is 12.0. The Kier molecular flexibility index (Phi) is 6.91. The van der Waals surface area contributed by atoms with Gasteiger partial charge in [0.2, 0.25) is 0 Å². The molecule has 0 radical (unpaired) electrons. The van der Waals surface area contributed by atoms with Crippen molar-refractivity contribution in [2.24, 2.45) is 0 Å². The Morgan fingerprint density at radius 1 is 1.12 bits per heavy atom. The van der Waals surface area contributed by atoms with Crippen LogP contribution in [0.5, 0.6) is 0 Å². The molecular formula is C21H23NO2. The third kappa shape index (κ3) is 5.81. The van der Waals surface area contributed by atoms with Gasteiger partial charge in [0.1, 0.15) is 6.04 Å². The van der Waals surface area contributed by atoms with Gasteiger partial charge in [0.25, 0.3) is 0 Å². The molecule has 24 heavy (non-hydrogen) atoms. The molecule has 1 amide bonds. The van der Waals surface area contributed by atoms with E-state index in [9.17, 15) is 4.79 Å². The molecule has 0 saturated heterocycles. The van der Waals surface area contributed by atoms with Gasteiger partial charge >= 0.3 is 6.09 Å². The number of benzene rings is 2. The van der Waals surface area contributed by atoms with E-state index in [0.29, 0.717) is 6.61 Å². The van der Waals surface area contributed by atoms with Gasteiger partial charge in [-0.2, -0.15) is 0 Å². The molecule has 124 valence electrons. The summed E-state index contributed by atoms with van der Waals surface area (Å²) < 4.78 is 5.19. The summed E-state index contributed by atoms with van der Waals surface area (Å²) in [6.07, 6.45) is 1.41. The number of rotatable bonds is 5. The van der Waals surface area contributed by atoms with Gasteiger partial charge in [-0.25, -0.2) is 4.79 Å². The van der Waals surface area contributed by atoms with E-state index < -0.39 is 12.1 Å². The molecule has 1 atom stereocenters. The van der Waals surface area contributed by atoms with Gasteiger partial charge in [-0.3, -0.25) is 0 Å². The zero-order valence-corrected chi connectivity index (χ0v) is 14.2. The highest BCUT2D eigenvalue weighted by Gasteiger charge is 2.12. The Labute approximate surface area is 144 Å². The van der Waals surface area contributed by atoms with Crippen LogP contribution in [0.15, 0.2) is 54.6 Å². The first-order chi connectivity index (χ1) is 11.7. The number of unbranched alkanes of at least 4 members (excludes halogenated alkanes) is 1. The fourth-order valence-corrected chi connectivity index (χ4v) is 2.11. The highest BCUT2D eigenvalue weighted by atomic mass is 16.5. The van der Waals surface area contributed by atoms with Crippen molar-refractivity contribution in [3.05, 3.63) is 71.3 Å². The second-order valence-corrected chi connectivity index (χ2v) is 5.61. The van der Waals surface area contributed by atoms with E-state index in [2.05, 4.69) is 24.1 Å². The minimum absolute atomic E-state index is 0.403. The smallest absolute Gasteiger partial charge is 0.408 e. The predicted octanol–water partition coefficient (Wildman–Crippen LogP) is 4.61. The molecule has 2 rings (SSSR count). The van der Waals surface area contributed by atoms with Crippen LogP contribution in [0.2, 0.25) is 0 Å². The number of nitrogens with one attached hydrogen (secondary N) is 1. The molecule has 0 fully saturated rings. The quantitative estimate of drug-likeness (QED) is 0.645. The number of ether oxygens (including phenoxy) is 1. The van der Waals surface area contributed by atoms with Crippen molar-refractivity contribution in [3.8, 4) is 11.8 Å². The van der Waals surface area contributed by atoms with Gasteiger partial charge in [0, 0.05) is 5.56 Å². The second-order valence-electron chi connectivity index (χ2n) is 5.61. The minimum atomic E-state index is -0.434. The molecule has 2 aromatic carbocycles. The number of amides is 1. The lowest BCUT2D eigenvalue weighted by atomic mass is 10.1. The van der Waals surface area contributed by atoms with Crippen molar-refractivity contribution in [3.63, 3.8) is 0 Å². The van der Waals surface area contributed by atoms with E-state index in [1.54, 1.807) is 0 Å².